The van der Waals surface area contributed by atoms with Gasteiger partial charge in [0.05, 0.1) is 5.92 Å². The zero-order valence-electron chi connectivity index (χ0n) is 11.2. The molecule has 4 heteroatoms. The van der Waals surface area contributed by atoms with Crippen molar-refractivity contribution in [3.05, 3.63) is 0 Å². The molecule has 0 aliphatic carbocycles. The van der Waals surface area contributed by atoms with Gasteiger partial charge in [-0.25, -0.2) is 0 Å². The monoisotopic (exact) mass is 230 g/mol. The molecular formula is C12H26N2O2. The fourth-order valence-corrected chi connectivity index (χ4v) is 1.28. The van der Waals surface area contributed by atoms with Crippen LogP contribution in [0, 0.1) is 5.92 Å². The third-order valence-electron chi connectivity index (χ3n) is 2.32. The SMILES string of the molecule is CC.CCN(C)CC(CCC=O)C(=O)NC. The van der Waals surface area contributed by atoms with Gasteiger partial charge < -0.3 is 15.0 Å². The molecule has 0 aromatic carbocycles. The first kappa shape index (κ1) is 17.5. The van der Waals surface area contributed by atoms with Crippen molar-refractivity contribution < 1.29 is 9.59 Å². The molecule has 0 saturated carbocycles. The van der Waals surface area contributed by atoms with Gasteiger partial charge in [-0.2, -0.15) is 0 Å². The molecule has 4 nitrogen and oxygen atoms in total. The molecule has 0 radical (unpaired) electrons. The van der Waals surface area contributed by atoms with E-state index in [4.69, 9.17) is 0 Å². The summed E-state index contributed by atoms with van der Waals surface area (Å²) in [4.78, 5) is 23.7. The zero-order valence-corrected chi connectivity index (χ0v) is 11.2. The van der Waals surface area contributed by atoms with Crippen LogP contribution in [0.4, 0.5) is 0 Å². The lowest BCUT2D eigenvalue weighted by molar-refractivity contribution is -0.125. The molecule has 0 aliphatic rings. The quantitative estimate of drug-likeness (QED) is 0.671. The number of amides is 1. The summed E-state index contributed by atoms with van der Waals surface area (Å²) in [5.74, 6) is -0.0534. The third-order valence-corrected chi connectivity index (χ3v) is 2.32. The molecule has 0 saturated heterocycles. The molecule has 0 aromatic heterocycles. The molecule has 1 atom stereocenters. The molecule has 1 unspecified atom stereocenters. The lowest BCUT2D eigenvalue weighted by atomic mass is 10.0. The van der Waals surface area contributed by atoms with Gasteiger partial charge in [0, 0.05) is 20.0 Å². The molecule has 0 aliphatic heterocycles. The molecule has 1 amide bonds. The number of nitrogens with one attached hydrogen (secondary N) is 1. The van der Waals surface area contributed by atoms with Crippen LogP contribution < -0.4 is 5.32 Å². The molecule has 0 rings (SSSR count). The van der Waals surface area contributed by atoms with Crippen molar-refractivity contribution in [3.8, 4) is 0 Å². The highest BCUT2D eigenvalue weighted by Crippen LogP contribution is 2.07. The molecule has 0 fully saturated rings. The molecule has 16 heavy (non-hydrogen) atoms. The van der Waals surface area contributed by atoms with Gasteiger partial charge in [-0.05, 0) is 20.0 Å². The minimum Gasteiger partial charge on any atom is -0.359 e. The van der Waals surface area contributed by atoms with E-state index in [-0.39, 0.29) is 11.8 Å². The Morgan fingerprint density at radius 2 is 2.00 bits per heavy atom. The van der Waals surface area contributed by atoms with Crippen molar-refractivity contribution in [1.82, 2.24) is 10.2 Å². The van der Waals surface area contributed by atoms with Gasteiger partial charge in [-0.3, -0.25) is 4.79 Å². The highest BCUT2D eigenvalue weighted by molar-refractivity contribution is 5.78. The highest BCUT2D eigenvalue weighted by Gasteiger charge is 2.17. The average Bonchev–Trinajstić information content (AvgIpc) is 2.35. The summed E-state index contributed by atoms with van der Waals surface area (Å²) in [6.45, 7) is 7.67. The number of rotatable bonds is 7. The molecule has 1 N–H and O–H groups in total. The van der Waals surface area contributed by atoms with Crippen molar-refractivity contribution in [1.29, 1.82) is 0 Å². The molecule has 0 heterocycles. The summed E-state index contributed by atoms with van der Waals surface area (Å²) in [7, 11) is 3.60. The minimum atomic E-state index is -0.0739. The fourth-order valence-electron chi connectivity index (χ4n) is 1.28. The summed E-state index contributed by atoms with van der Waals surface area (Å²) in [6, 6.07) is 0. The second-order valence-electron chi connectivity index (χ2n) is 3.41. The van der Waals surface area contributed by atoms with E-state index in [9.17, 15) is 9.59 Å². The summed E-state index contributed by atoms with van der Waals surface area (Å²) < 4.78 is 0. The first-order chi connectivity index (χ1) is 7.65. The second-order valence-corrected chi connectivity index (χ2v) is 3.41. The Hall–Kier alpha value is -0.900. The Labute approximate surface area is 99.4 Å². The van der Waals surface area contributed by atoms with Gasteiger partial charge in [0.2, 0.25) is 5.91 Å². The van der Waals surface area contributed by atoms with E-state index in [1.165, 1.54) is 0 Å². The van der Waals surface area contributed by atoms with Crippen LogP contribution in [0.1, 0.15) is 33.6 Å². The van der Waals surface area contributed by atoms with Gasteiger partial charge in [-0.15, -0.1) is 0 Å². The molecule has 0 aromatic rings. The summed E-state index contributed by atoms with van der Waals surface area (Å²) >= 11 is 0. The fraction of sp³-hybridized carbons (Fsp3) is 0.833. The Balaban J connectivity index is 0. The van der Waals surface area contributed by atoms with Crippen molar-refractivity contribution in [2.45, 2.75) is 33.6 Å². The van der Waals surface area contributed by atoms with E-state index in [0.29, 0.717) is 19.4 Å². The van der Waals surface area contributed by atoms with E-state index in [0.717, 1.165) is 12.8 Å². The number of carbonyl (C=O) groups is 2. The lowest BCUT2D eigenvalue weighted by Gasteiger charge is -2.20. The summed E-state index contributed by atoms with van der Waals surface area (Å²) in [5, 5.41) is 2.62. The van der Waals surface area contributed by atoms with Crippen LogP contribution in [0.5, 0.6) is 0 Å². The Morgan fingerprint density at radius 3 is 2.38 bits per heavy atom. The van der Waals surface area contributed by atoms with Crippen molar-refractivity contribution in [2.24, 2.45) is 5.92 Å². The summed E-state index contributed by atoms with van der Waals surface area (Å²) in [5.41, 5.74) is 0. The summed E-state index contributed by atoms with van der Waals surface area (Å²) in [6.07, 6.45) is 1.95. The second kappa shape index (κ2) is 12.2. The molecular weight excluding hydrogens is 204 g/mol. The first-order valence-corrected chi connectivity index (χ1v) is 5.99. The number of hydrogen-bond acceptors (Lipinski definition) is 3. The standard InChI is InChI=1S/C10H20N2O2.C2H6/c1-4-12(3)8-9(6-5-7-13)10(14)11-2;1-2/h7,9H,4-6,8H2,1-3H3,(H,11,14);1-2H3. The van der Waals surface area contributed by atoms with Crippen LogP contribution >= 0.6 is 0 Å². The van der Waals surface area contributed by atoms with E-state index < -0.39 is 0 Å². The number of carbonyl (C=O) groups excluding carboxylic acids is 2. The highest BCUT2D eigenvalue weighted by atomic mass is 16.1. The predicted octanol–water partition coefficient (Wildman–Crippen LogP) is 1.31. The average molecular weight is 230 g/mol. The van der Waals surface area contributed by atoms with Crippen LogP contribution in [0.25, 0.3) is 0 Å². The Bertz CT molecular complexity index is 184. The minimum absolute atomic E-state index is 0.0205. The van der Waals surface area contributed by atoms with Crippen LogP contribution in [0.2, 0.25) is 0 Å². The maximum absolute atomic E-state index is 11.4. The van der Waals surface area contributed by atoms with E-state index in [1.807, 2.05) is 27.8 Å². The maximum atomic E-state index is 11.4. The Morgan fingerprint density at radius 1 is 1.44 bits per heavy atom. The number of hydrogen-bond donors (Lipinski definition) is 1. The third kappa shape index (κ3) is 8.41. The van der Waals surface area contributed by atoms with Gasteiger partial charge in [-0.1, -0.05) is 20.8 Å². The van der Waals surface area contributed by atoms with E-state index >= 15 is 0 Å². The van der Waals surface area contributed by atoms with Gasteiger partial charge in [0.15, 0.2) is 0 Å². The number of nitrogens with zero attached hydrogens (tertiary/aromatic N) is 1. The van der Waals surface area contributed by atoms with Crippen LogP contribution in [0.15, 0.2) is 0 Å². The van der Waals surface area contributed by atoms with Crippen LogP contribution in [-0.2, 0) is 9.59 Å². The molecule has 0 bridgehead atoms. The van der Waals surface area contributed by atoms with Gasteiger partial charge in [0.25, 0.3) is 0 Å². The molecule has 0 spiro atoms. The van der Waals surface area contributed by atoms with Crippen molar-refractivity contribution >= 4 is 12.2 Å². The van der Waals surface area contributed by atoms with E-state index in [2.05, 4.69) is 10.2 Å². The largest absolute Gasteiger partial charge is 0.359 e. The topological polar surface area (TPSA) is 49.4 Å². The zero-order chi connectivity index (χ0) is 13.0. The van der Waals surface area contributed by atoms with Gasteiger partial charge >= 0.3 is 0 Å². The first-order valence-electron chi connectivity index (χ1n) is 5.99. The van der Waals surface area contributed by atoms with E-state index in [1.54, 1.807) is 7.05 Å². The van der Waals surface area contributed by atoms with Crippen molar-refractivity contribution in [3.63, 3.8) is 0 Å². The van der Waals surface area contributed by atoms with Crippen molar-refractivity contribution in [2.75, 3.05) is 27.2 Å². The maximum Gasteiger partial charge on any atom is 0.224 e. The van der Waals surface area contributed by atoms with Crippen LogP contribution in [0.3, 0.4) is 0 Å². The predicted molar refractivity (Wildman–Crippen MR) is 67.4 cm³/mol. The lowest BCUT2D eigenvalue weighted by Crippen LogP contribution is -2.36. The smallest absolute Gasteiger partial charge is 0.224 e. The normalized spacial score (nSPS) is 11.4. The Kier molecular flexibility index (Phi) is 13.3. The van der Waals surface area contributed by atoms with Gasteiger partial charge in [0.1, 0.15) is 6.29 Å². The number of aldehydes is 1. The van der Waals surface area contributed by atoms with Crippen LogP contribution in [-0.4, -0.2) is 44.3 Å². The molecule has 96 valence electrons.